The van der Waals surface area contributed by atoms with Crippen LogP contribution in [0.3, 0.4) is 0 Å². The lowest BCUT2D eigenvalue weighted by Gasteiger charge is -2.15. The van der Waals surface area contributed by atoms with Gasteiger partial charge < -0.3 is 10.5 Å². The molecule has 0 bridgehead atoms. The van der Waals surface area contributed by atoms with Crippen LogP contribution >= 0.6 is 0 Å². The second kappa shape index (κ2) is 3.72. The molecule has 0 radical (unpaired) electrons. The fourth-order valence-corrected chi connectivity index (χ4v) is 0.967. The molecule has 1 amide bonds. The third-order valence-electron chi connectivity index (χ3n) is 1.51. The van der Waals surface area contributed by atoms with Crippen molar-refractivity contribution in [1.82, 2.24) is 0 Å². The third kappa shape index (κ3) is 1.85. The van der Waals surface area contributed by atoms with Gasteiger partial charge in [-0.2, -0.15) is 10.3 Å². The fourth-order valence-electron chi connectivity index (χ4n) is 0.967. The van der Waals surface area contributed by atoms with Crippen molar-refractivity contribution in [2.75, 3.05) is 6.61 Å². The lowest BCUT2D eigenvalue weighted by molar-refractivity contribution is -0.113. The molecule has 2 N–H and O–H groups in total. The lowest BCUT2D eigenvalue weighted by Crippen LogP contribution is -2.27. The maximum absolute atomic E-state index is 10.9. The molecule has 0 aliphatic carbocycles. The summed E-state index contributed by atoms with van der Waals surface area (Å²) in [5.74, 6) is -1.11. The number of nitriles is 1. The van der Waals surface area contributed by atoms with Gasteiger partial charge in [-0.1, -0.05) is 0 Å². The molecule has 1 rings (SSSR count). The van der Waals surface area contributed by atoms with Crippen LogP contribution in [0, 0.1) is 17.2 Å². The van der Waals surface area contributed by atoms with E-state index in [9.17, 15) is 4.79 Å². The zero-order valence-electron chi connectivity index (χ0n) is 7.15. The Kier molecular flexibility index (Phi) is 2.65. The zero-order chi connectivity index (χ0) is 9.84. The predicted octanol–water partition coefficient (Wildman–Crippen LogP) is -0.0560. The van der Waals surface area contributed by atoms with Gasteiger partial charge in [-0.25, -0.2) is 0 Å². The van der Waals surface area contributed by atoms with Crippen LogP contribution in [-0.2, 0) is 9.53 Å². The molecule has 1 aliphatic heterocycles. The Hall–Kier alpha value is -1.83. The van der Waals surface area contributed by atoms with Crippen molar-refractivity contribution in [2.24, 2.45) is 16.6 Å². The Bertz CT molecular complexity index is 325. The van der Waals surface area contributed by atoms with Crippen molar-refractivity contribution in [3.63, 3.8) is 0 Å². The number of rotatable bonds is 1. The molecule has 5 nitrogen and oxygen atoms in total. The number of nitrogens with zero attached hydrogens (tertiary/aromatic N) is 2. The first-order valence-electron chi connectivity index (χ1n) is 3.81. The van der Waals surface area contributed by atoms with Gasteiger partial charge in [-0.3, -0.25) is 4.79 Å². The van der Waals surface area contributed by atoms with Gasteiger partial charge in [-0.05, 0) is 6.92 Å². The molecule has 1 heterocycles. The summed E-state index contributed by atoms with van der Waals surface area (Å²) in [6.07, 6.45) is 1.14. The van der Waals surface area contributed by atoms with E-state index >= 15 is 0 Å². The Labute approximate surface area is 75.5 Å². The van der Waals surface area contributed by atoms with Crippen LogP contribution in [0.1, 0.15) is 6.92 Å². The second-order valence-electron chi connectivity index (χ2n) is 2.43. The van der Waals surface area contributed by atoms with Crippen molar-refractivity contribution in [3.8, 4) is 6.07 Å². The van der Waals surface area contributed by atoms with Gasteiger partial charge in [0.05, 0.1) is 12.7 Å². The van der Waals surface area contributed by atoms with Crippen molar-refractivity contribution >= 4 is 11.8 Å². The monoisotopic (exact) mass is 179 g/mol. The van der Waals surface area contributed by atoms with E-state index in [0.29, 0.717) is 6.61 Å². The number of amides is 1. The fraction of sp³-hybridized carbons (Fsp3) is 0.375. The molecule has 0 aromatic carbocycles. The largest absolute Gasteiger partial charge is 0.480 e. The molecule has 0 saturated heterocycles. The Morgan fingerprint density at radius 3 is 3.08 bits per heavy atom. The van der Waals surface area contributed by atoms with Crippen LogP contribution in [-0.4, -0.2) is 18.4 Å². The summed E-state index contributed by atoms with van der Waals surface area (Å²) in [4.78, 5) is 14.4. The predicted molar refractivity (Wildman–Crippen MR) is 45.4 cm³/mol. The number of carbonyl (C=O) groups excluding carboxylic acids is 1. The van der Waals surface area contributed by atoms with Gasteiger partial charge in [0.2, 0.25) is 5.90 Å². The maximum atomic E-state index is 10.9. The van der Waals surface area contributed by atoms with Crippen LogP contribution in [0.25, 0.3) is 0 Å². The van der Waals surface area contributed by atoms with E-state index in [1.54, 1.807) is 6.92 Å². The minimum absolute atomic E-state index is 0.0926. The van der Waals surface area contributed by atoms with E-state index in [0.717, 1.165) is 6.08 Å². The van der Waals surface area contributed by atoms with E-state index in [2.05, 4.69) is 4.99 Å². The van der Waals surface area contributed by atoms with E-state index in [-0.39, 0.29) is 11.6 Å². The molecular weight excluding hydrogens is 170 g/mol. The molecule has 5 heteroatoms. The van der Waals surface area contributed by atoms with Gasteiger partial charge in [0.15, 0.2) is 5.92 Å². The van der Waals surface area contributed by atoms with Gasteiger partial charge in [0.25, 0.3) is 5.91 Å². The minimum atomic E-state index is -0.724. The molecule has 0 aromatic rings. The number of carbonyl (C=O) groups is 1. The standard InChI is InChI=1S/C8H9N3O2/c1-2-13-8-5(4-9)6(10)3-7(12)11-8/h3,5H,2,10H2,1H3. The molecule has 0 spiro atoms. The smallest absolute Gasteiger partial charge is 0.274 e. The van der Waals surface area contributed by atoms with E-state index in [1.165, 1.54) is 0 Å². The van der Waals surface area contributed by atoms with E-state index in [1.807, 2.05) is 6.07 Å². The molecular formula is C8H9N3O2. The molecule has 1 unspecified atom stereocenters. The Balaban J connectivity index is 2.93. The molecule has 1 atom stereocenters. The number of hydrogen-bond acceptors (Lipinski definition) is 4. The summed E-state index contributed by atoms with van der Waals surface area (Å²) >= 11 is 0. The Morgan fingerprint density at radius 2 is 2.54 bits per heavy atom. The minimum Gasteiger partial charge on any atom is -0.480 e. The summed E-state index contributed by atoms with van der Waals surface area (Å²) in [5, 5.41) is 8.70. The topological polar surface area (TPSA) is 88.5 Å². The second-order valence-corrected chi connectivity index (χ2v) is 2.43. The number of dihydropyridines is 1. The molecule has 0 aromatic heterocycles. The number of nitrogens with two attached hydrogens (primary N) is 1. The normalized spacial score (nSPS) is 21.5. The number of hydrogen-bond donors (Lipinski definition) is 1. The molecule has 68 valence electrons. The summed E-state index contributed by atoms with van der Waals surface area (Å²) in [7, 11) is 0. The van der Waals surface area contributed by atoms with Gasteiger partial charge >= 0.3 is 0 Å². The number of ether oxygens (including phenoxy) is 1. The van der Waals surface area contributed by atoms with Crippen LogP contribution < -0.4 is 5.73 Å². The molecule has 0 saturated carbocycles. The molecule has 13 heavy (non-hydrogen) atoms. The highest BCUT2D eigenvalue weighted by Gasteiger charge is 2.25. The molecule has 0 fully saturated rings. The maximum Gasteiger partial charge on any atom is 0.274 e. The lowest BCUT2D eigenvalue weighted by atomic mass is 10.1. The summed E-state index contributed by atoms with van der Waals surface area (Å²) in [5.41, 5.74) is 5.64. The summed E-state index contributed by atoms with van der Waals surface area (Å²) in [6.45, 7) is 2.10. The molecule has 1 aliphatic rings. The SMILES string of the molecule is CCOC1=NC(=O)C=C(N)C1C#N. The first-order chi connectivity index (χ1) is 6.19. The van der Waals surface area contributed by atoms with Crippen molar-refractivity contribution < 1.29 is 9.53 Å². The van der Waals surface area contributed by atoms with Gasteiger partial charge in [-0.15, -0.1) is 0 Å². The summed E-state index contributed by atoms with van der Waals surface area (Å²) < 4.78 is 5.01. The quantitative estimate of drug-likeness (QED) is 0.610. The Morgan fingerprint density at radius 1 is 1.85 bits per heavy atom. The van der Waals surface area contributed by atoms with Gasteiger partial charge in [0.1, 0.15) is 0 Å². The first-order valence-corrected chi connectivity index (χ1v) is 3.81. The van der Waals surface area contributed by atoms with E-state index in [4.69, 9.17) is 15.7 Å². The van der Waals surface area contributed by atoms with Crippen molar-refractivity contribution in [3.05, 3.63) is 11.8 Å². The zero-order valence-corrected chi connectivity index (χ0v) is 7.15. The highest BCUT2D eigenvalue weighted by atomic mass is 16.5. The van der Waals surface area contributed by atoms with Crippen LogP contribution in [0.5, 0.6) is 0 Å². The highest BCUT2D eigenvalue weighted by molar-refractivity contribution is 6.03. The number of aliphatic imine (C=N–C) groups is 1. The van der Waals surface area contributed by atoms with Crippen molar-refractivity contribution in [2.45, 2.75) is 6.92 Å². The third-order valence-corrected chi connectivity index (χ3v) is 1.51. The van der Waals surface area contributed by atoms with Crippen LogP contribution in [0.15, 0.2) is 16.8 Å². The van der Waals surface area contributed by atoms with Crippen molar-refractivity contribution in [1.29, 1.82) is 5.26 Å². The average molecular weight is 179 g/mol. The van der Waals surface area contributed by atoms with Crippen LogP contribution in [0.4, 0.5) is 0 Å². The summed E-state index contributed by atoms with van der Waals surface area (Å²) in [6, 6.07) is 1.91. The van der Waals surface area contributed by atoms with Gasteiger partial charge in [0, 0.05) is 11.8 Å². The van der Waals surface area contributed by atoms with E-state index < -0.39 is 11.8 Å². The average Bonchev–Trinajstić information content (AvgIpc) is 2.04. The highest BCUT2D eigenvalue weighted by Crippen LogP contribution is 2.13. The van der Waals surface area contributed by atoms with Crippen LogP contribution in [0.2, 0.25) is 0 Å². The first kappa shape index (κ1) is 9.26.